The van der Waals surface area contributed by atoms with Crippen molar-refractivity contribution < 1.29 is 9.90 Å². The third-order valence-corrected chi connectivity index (χ3v) is 2.84. The summed E-state index contributed by atoms with van der Waals surface area (Å²) in [5.41, 5.74) is 1.24. The van der Waals surface area contributed by atoms with Gasteiger partial charge in [0.25, 0.3) is 0 Å². The highest BCUT2D eigenvalue weighted by molar-refractivity contribution is 5.99. The van der Waals surface area contributed by atoms with Crippen molar-refractivity contribution in [2.45, 2.75) is 19.3 Å². The first-order valence-electron chi connectivity index (χ1n) is 5.31. The topological polar surface area (TPSA) is 78.9 Å². The van der Waals surface area contributed by atoms with Gasteiger partial charge in [0.1, 0.15) is 11.3 Å². The fourth-order valence-electron chi connectivity index (χ4n) is 1.82. The van der Waals surface area contributed by atoms with Crippen LogP contribution in [0.15, 0.2) is 12.3 Å². The van der Waals surface area contributed by atoms with Gasteiger partial charge in [0.15, 0.2) is 5.65 Å². The minimum Gasteiger partial charge on any atom is -0.478 e. The fourth-order valence-corrected chi connectivity index (χ4v) is 1.82. The molecular formula is C11H11N3O2. The molecule has 2 heterocycles. The highest BCUT2D eigenvalue weighted by Crippen LogP contribution is 2.32. The normalized spacial score (nSPS) is 15.5. The van der Waals surface area contributed by atoms with Crippen LogP contribution in [0, 0.1) is 5.92 Å². The Balaban J connectivity index is 2.07. The first kappa shape index (κ1) is 9.33. The molecule has 0 radical (unpaired) electrons. The zero-order valence-corrected chi connectivity index (χ0v) is 8.60. The van der Waals surface area contributed by atoms with Crippen LogP contribution in [0.1, 0.15) is 29.0 Å². The molecule has 0 saturated heterocycles. The lowest BCUT2D eigenvalue weighted by Crippen LogP contribution is -1.97. The Morgan fingerprint density at radius 1 is 1.56 bits per heavy atom. The summed E-state index contributed by atoms with van der Waals surface area (Å²) >= 11 is 0. The summed E-state index contributed by atoms with van der Waals surface area (Å²) in [5, 5.41) is 9.00. The summed E-state index contributed by atoms with van der Waals surface area (Å²) in [6.45, 7) is 0. The maximum Gasteiger partial charge on any atom is 0.338 e. The zero-order valence-electron chi connectivity index (χ0n) is 8.60. The summed E-state index contributed by atoms with van der Waals surface area (Å²) in [6.07, 6.45) is 4.88. The van der Waals surface area contributed by atoms with E-state index in [2.05, 4.69) is 15.0 Å². The molecule has 5 nitrogen and oxygen atoms in total. The van der Waals surface area contributed by atoms with E-state index in [9.17, 15) is 4.79 Å². The lowest BCUT2D eigenvalue weighted by atomic mass is 10.2. The van der Waals surface area contributed by atoms with E-state index in [-0.39, 0.29) is 5.56 Å². The second kappa shape index (κ2) is 3.30. The summed E-state index contributed by atoms with van der Waals surface area (Å²) < 4.78 is 0. The molecule has 0 bridgehead atoms. The van der Waals surface area contributed by atoms with Gasteiger partial charge in [-0.3, -0.25) is 0 Å². The Bertz CT molecular complexity index is 557. The Kier molecular flexibility index (Phi) is 1.92. The van der Waals surface area contributed by atoms with Crippen molar-refractivity contribution in [1.29, 1.82) is 0 Å². The number of fused-ring (bicyclic) bond motifs is 1. The number of carboxylic acids is 1. The molecule has 0 atom stereocenters. The van der Waals surface area contributed by atoms with E-state index >= 15 is 0 Å². The number of imidazole rings is 1. The number of carbonyl (C=O) groups is 1. The van der Waals surface area contributed by atoms with Gasteiger partial charge in [-0.2, -0.15) is 0 Å². The molecule has 1 aliphatic rings. The molecule has 2 N–H and O–H groups in total. The molecule has 0 aromatic carbocycles. The van der Waals surface area contributed by atoms with Crippen LogP contribution in [-0.4, -0.2) is 26.0 Å². The lowest BCUT2D eigenvalue weighted by molar-refractivity contribution is 0.0699. The molecule has 0 spiro atoms. The Morgan fingerprint density at radius 2 is 2.38 bits per heavy atom. The molecule has 16 heavy (non-hydrogen) atoms. The van der Waals surface area contributed by atoms with E-state index in [1.807, 2.05) is 0 Å². The second-order valence-corrected chi connectivity index (χ2v) is 4.19. The van der Waals surface area contributed by atoms with Gasteiger partial charge in [-0.1, -0.05) is 0 Å². The molecule has 1 saturated carbocycles. The molecule has 2 aromatic rings. The number of hydrogen-bond donors (Lipinski definition) is 2. The predicted octanol–water partition coefficient (Wildman–Crippen LogP) is 1.61. The molecule has 0 unspecified atom stereocenters. The van der Waals surface area contributed by atoms with Crippen LogP contribution < -0.4 is 0 Å². The number of nitrogens with zero attached hydrogens (tertiary/aromatic N) is 2. The van der Waals surface area contributed by atoms with Crippen molar-refractivity contribution in [1.82, 2.24) is 15.0 Å². The van der Waals surface area contributed by atoms with Crippen LogP contribution in [0.25, 0.3) is 11.2 Å². The number of rotatable bonds is 3. The molecule has 2 aromatic heterocycles. The quantitative estimate of drug-likeness (QED) is 0.818. The van der Waals surface area contributed by atoms with E-state index in [1.54, 1.807) is 0 Å². The van der Waals surface area contributed by atoms with Crippen molar-refractivity contribution in [3.05, 3.63) is 23.7 Å². The van der Waals surface area contributed by atoms with Crippen LogP contribution in [0.5, 0.6) is 0 Å². The molecular weight excluding hydrogens is 206 g/mol. The number of nitrogens with one attached hydrogen (secondary N) is 1. The molecule has 1 fully saturated rings. The fraction of sp³-hybridized carbons (Fsp3) is 0.364. The first-order valence-corrected chi connectivity index (χ1v) is 5.31. The number of aromatic amines is 1. The third kappa shape index (κ3) is 1.54. The van der Waals surface area contributed by atoms with Gasteiger partial charge in [0.2, 0.25) is 0 Å². The SMILES string of the molecule is O=C(O)c1ccnc2[nH]c(CC3CC3)nc12. The maximum absolute atomic E-state index is 11.0. The largest absolute Gasteiger partial charge is 0.478 e. The van der Waals surface area contributed by atoms with Crippen molar-refractivity contribution >= 4 is 17.1 Å². The van der Waals surface area contributed by atoms with Gasteiger partial charge in [0, 0.05) is 12.6 Å². The van der Waals surface area contributed by atoms with Gasteiger partial charge in [-0.15, -0.1) is 0 Å². The highest BCUT2D eigenvalue weighted by Gasteiger charge is 2.23. The van der Waals surface area contributed by atoms with E-state index in [1.165, 1.54) is 25.1 Å². The van der Waals surface area contributed by atoms with Crippen molar-refractivity contribution in [2.24, 2.45) is 5.92 Å². The minimum absolute atomic E-state index is 0.211. The van der Waals surface area contributed by atoms with Gasteiger partial charge >= 0.3 is 5.97 Å². The average molecular weight is 217 g/mol. The standard InChI is InChI=1S/C11H11N3O2/c15-11(16)7-3-4-12-10-9(7)13-8(14-10)5-6-1-2-6/h3-4,6H,1-2,5H2,(H,15,16)(H,12,13,14). The molecule has 1 aliphatic carbocycles. The molecule has 0 aliphatic heterocycles. The highest BCUT2D eigenvalue weighted by atomic mass is 16.4. The maximum atomic E-state index is 11.0. The Hall–Kier alpha value is -1.91. The van der Waals surface area contributed by atoms with E-state index in [0.717, 1.165) is 12.2 Å². The second-order valence-electron chi connectivity index (χ2n) is 4.19. The molecule has 3 rings (SSSR count). The van der Waals surface area contributed by atoms with Gasteiger partial charge in [0.05, 0.1) is 5.56 Å². The number of H-pyrrole nitrogens is 1. The van der Waals surface area contributed by atoms with Crippen LogP contribution in [0.3, 0.4) is 0 Å². The van der Waals surface area contributed by atoms with Crippen molar-refractivity contribution in [3.63, 3.8) is 0 Å². The van der Waals surface area contributed by atoms with Crippen LogP contribution in [-0.2, 0) is 6.42 Å². The number of pyridine rings is 1. The van der Waals surface area contributed by atoms with E-state index in [4.69, 9.17) is 5.11 Å². The first-order chi connectivity index (χ1) is 7.74. The van der Waals surface area contributed by atoms with Crippen LogP contribution in [0.2, 0.25) is 0 Å². The predicted molar refractivity (Wildman–Crippen MR) is 57.3 cm³/mol. The van der Waals surface area contributed by atoms with Crippen molar-refractivity contribution in [2.75, 3.05) is 0 Å². The Morgan fingerprint density at radius 3 is 3.06 bits per heavy atom. The van der Waals surface area contributed by atoms with Gasteiger partial charge < -0.3 is 10.1 Å². The van der Waals surface area contributed by atoms with Gasteiger partial charge in [-0.05, 0) is 24.8 Å². The van der Waals surface area contributed by atoms with E-state index in [0.29, 0.717) is 17.1 Å². The smallest absolute Gasteiger partial charge is 0.338 e. The monoisotopic (exact) mass is 217 g/mol. The Labute approximate surface area is 91.5 Å². The van der Waals surface area contributed by atoms with E-state index < -0.39 is 5.97 Å². The van der Waals surface area contributed by atoms with Crippen LogP contribution in [0.4, 0.5) is 0 Å². The average Bonchev–Trinajstić information content (AvgIpc) is 2.95. The summed E-state index contributed by atoms with van der Waals surface area (Å²) in [5.74, 6) is 0.601. The molecule has 0 amide bonds. The lowest BCUT2D eigenvalue weighted by Gasteiger charge is -1.92. The zero-order chi connectivity index (χ0) is 11.1. The van der Waals surface area contributed by atoms with Crippen molar-refractivity contribution in [3.8, 4) is 0 Å². The van der Waals surface area contributed by atoms with Crippen LogP contribution >= 0.6 is 0 Å². The molecule has 5 heteroatoms. The number of carboxylic acid groups (broad SMARTS) is 1. The minimum atomic E-state index is -0.961. The number of aromatic nitrogens is 3. The van der Waals surface area contributed by atoms with Gasteiger partial charge in [-0.25, -0.2) is 14.8 Å². The number of aromatic carboxylic acids is 1. The number of hydrogen-bond acceptors (Lipinski definition) is 3. The molecule has 82 valence electrons. The summed E-state index contributed by atoms with van der Waals surface area (Å²) in [7, 11) is 0. The summed E-state index contributed by atoms with van der Waals surface area (Å²) in [4.78, 5) is 22.5. The third-order valence-electron chi connectivity index (χ3n) is 2.84. The summed E-state index contributed by atoms with van der Waals surface area (Å²) in [6, 6.07) is 1.48.